The monoisotopic (exact) mass is 393 g/mol. The van der Waals surface area contributed by atoms with Crippen LogP contribution in [-0.4, -0.2) is 59.0 Å². The Morgan fingerprint density at radius 3 is 2.29 bits per heavy atom. The number of likely N-dealkylation sites (tertiary alicyclic amines) is 1. The van der Waals surface area contributed by atoms with Crippen molar-refractivity contribution in [1.29, 1.82) is 0 Å². The van der Waals surface area contributed by atoms with Crippen LogP contribution in [0.25, 0.3) is 0 Å². The molecule has 0 aromatic rings. The maximum absolute atomic E-state index is 13.5. The molecule has 7 heteroatoms. The smallest absolute Gasteiger partial charge is 0.243 e. The van der Waals surface area contributed by atoms with Gasteiger partial charge in [0.1, 0.15) is 6.04 Å². The van der Waals surface area contributed by atoms with Gasteiger partial charge in [-0.15, -0.1) is 0 Å². The normalized spacial score (nSPS) is 31.0. The van der Waals surface area contributed by atoms with Crippen LogP contribution in [0.5, 0.6) is 0 Å². The summed E-state index contributed by atoms with van der Waals surface area (Å²) in [6.07, 6.45) is 3.84. The molecule has 7 nitrogen and oxygen atoms in total. The molecule has 0 radical (unpaired) electrons. The first-order chi connectivity index (χ1) is 12.9. The van der Waals surface area contributed by atoms with Crippen LogP contribution in [-0.2, 0) is 14.4 Å². The first-order valence-electron chi connectivity index (χ1n) is 10.1. The zero-order chi connectivity index (χ0) is 21.4. The maximum Gasteiger partial charge on any atom is 0.243 e. The second kappa shape index (κ2) is 8.23. The fraction of sp³-hybridized carbons (Fsp3) is 0.762. The summed E-state index contributed by atoms with van der Waals surface area (Å²) in [6, 6.07) is -1.23. The molecule has 1 heterocycles. The molecule has 2 aliphatic rings. The largest absolute Gasteiger partial charge is 0.394 e. The molecule has 0 unspecified atom stereocenters. The van der Waals surface area contributed by atoms with E-state index in [2.05, 4.69) is 10.6 Å². The number of fused-ring (bicyclic) bond motifs is 1. The Morgan fingerprint density at radius 1 is 1.21 bits per heavy atom. The van der Waals surface area contributed by atoms with Gasteiger partial charge in [0, 0.05) is 18.5 Å². The van der Waals surface area contributed by atoms with Crippen LogP contribution in [0.2, 0.25) is 0 Å². The number of carbonyl (C=O) groups is 3. The van der Waals surface area contributed by atoms with E-state index < -0.39 is 35.4 Å². The molecule has 1 aliphatic carbocycles. The van der Waals surface area contributed by atoms with E-state index in [0.29, 0.717) is 0 Å². The van der Waals surface area contributed by atoms with E-state index in [1.165, 1.54) is 0 Å². The predicted molar refractivity (Wildman–Crippen MR) is 107 cm³/mol. The van der Waals surface area contributed by atoms with Crippen LogP contribution in [0.3, 0.4) is 0 Å². The minimum atomic E-state index is -0.743. The molecule has 3 N–H and O–H groups in total. The van der Waals surface area contributed by atoms with Crippen molar-refractivity contribution in [3.8, 4) is 0 Å². The number of aliphatic hydroxyl groups is 1. The van der Waals surface area contributed by atoms with E-state index in [4.69, 9.17) is 0 Å². The SMILES string of the molecule is CNC(=O)[C@H]1[C@@H]2C(=O)N([C@@H](CO)C(C)C)[C@H](C(=O)NC(C)(C)C)[C@H]2C=C[C@H]1C. The zero-order valence-corrected chi connectivity index (χ0v) is 18.0. The number of amides is 3. The van der Waals surface area contributed by atoms with Crippen LogP contribution in [0, 0.1) is 29.6 Å². The molecule has 0 aromatic carbocycles. The van der Waals surface area contributed by atoms with Gasteiger partial charge < -0.3 is 20.6 Å². The van der Waals surface area contributed by atoms with Crippen molar-refractivity contribution in [3.05, 3.63) is 12.2 Å². The highest BCUT2D eigenvalue weighted by Crippen LogP contribution is 2.45. The van der Waals surface area contributed by atoms with Crippen LogP contribution in [0.1, 0.15) is 41.5 Å². The Morgan fingerprint density at radius 2 is 1.82 bits per heavy atom. The lowest BCUT2D eigenvalue weighted by Crippen LogP contribution is -2.56. The molecule has 1 aliphatic heterocycles. The van der Waals surface area contributed by atoms with Gasteiger partial charge in [0.05, 0.1) is 24.5 Å². The molecule has 0 aromatic heterocycles. The second-order valence-corrected chi connectivity index (χ2v) is 9.41. The molecule has 1 fully saturated rings. The first-order valence-corrected chi connectivity index (χ1v) is 10.1. The Balaban J connectivity index is 2.55. The number of carbonyl (C=O) groups excluding carboxylic acids is 3. The van der Waals surface area contributed by atoms with E-state index >= 15 is 0 Å². The average Bonchev–Trinajstić information content (AvgIpc) is 2.86. The highest BCUT2D eigenvalue weighted by molar-refractivity contribution is 5.97. The lowest BCUT2D eigenvalue weighted by molar-refractivity contribution is -0.144. The lowest BCUT2D eigenvalue weighted by Gasteiger charge is -2.36. The summed E-state index contributed by atoms with van der Waals surface area (Å²) in [5.74, 6) is -2.35. The zero-order valence-electron chi connectivity index (χ0n) is 18.0. The van der Waals surface area contributed by atoms with Gasteiger partial charge in [-0.2, -0.15) is 0 Å². The first kappa shape index (κ1) is 22.4. The Hall–Kier alpha value is -1.89. The van der Waals surface area contributed by atoms with Crippen LogP contribution in [0.4, 0.5) is 0 Å². The number of nitrogens with zero attached hydrogens (tertiary/aromatic N) is 1. The number of aliphatic hydroxyl groups excluding tert-OH is 1. The topological polar surface area (TPSA) is 98.7 Å². The summed E-state index contributed by atoms with van der Waals surface area (Å²) >= 11 is 0. The van der Waals surface area contributed by atoms with Crippen molar-refractivity contribution in [2.75, 3.05) is 13.7 Å². The van der Waals surface area contributed by atoms with Crippen molar-refractivity contribution in [3.63, 3.8) is 0 Å². The Kier molecular flexibility index (Phi) is 6.58. The van der Waals surface area contributed by atoms with Crippen molar-refractivity contribution in [2.45, 2.75) is 59.2 Å². The molecule has 28 heavy (non-hydrogen) atoms. The molecule has 6 atom stereocenters. The summed E-state index contributed by atoms with van der Waals surface area (Å²) in [4.78, 5) is 40.9. The molecule has 158 valence electrons. The third kappa shape index (κ3) is 4.09. The molecular formula is C21H35N3O4. The molecular weight excluding hydrogens is 358 g/mol. The van der Waals surface area contributed by atoms with Gasteiger partial charge in [-0.25, -0.2) is 0 Å². The minimum absolute atomic E-state index is 0.0288. The molecule has 0 bridgehead atoms. The van der Waals surface area contributed by atoms with Crippen molar-refractivity contribution in [1.82, 2.24) is 15.5 Å². The third-order valence-electron chi connectivity index (χ3n) is 5.84. The quantitative estimate of drug-likeness (QED) is 0.605. The number of hydrogen-bond donors (Lipinski definition) is 3. The second-order valence-electron chi connectivity index (χ2n) is 9.41. The number of nitrogens with one attached hydrogen (secondary N) is 2. The number of hydrogen-bond acceptors (Lipinski definition) is 4. The van der Waals surface area contributed by atoms with E-state index in [1.54, 1.807) is 11.9 Å². The fourth-order valence-electron chi connectivity index (χ4n) is 4.53. The molecule has 1 saturated heterocycles. The van der Waals surface area contributed by atoms with Crippen LogP contribution < -0.4 is 10.6 Å². The van der Waals surface area contributed by atoms with E-state index in [9.17, 15) is 19.5 Å². The highest BCUT2D eigenvalue weighted by Gasteiger charge is 2.58. The van der Waals surface area contributed by atoms with Crippen LogP contribution >= 0.6 is 0 Å². The Bertz CT molecular complexity index is 653. The van der Waals surface area contributed by atoms with Gasteiger partial charge in [-0.3, -0.25) is 14.4 Å². The van der Waals surface area contributed by atoms with Crippen LogP contribution in [0.15, 0.2) is 12.2 Å². The molecule has 0 spiro atoms. The van der Waals surface area contributed by atoms with Crippen molar-refractivity contribution in [2.24, 2.45) is 29.6 Å². The standard InChI is InChI=1S/C21H35N3O4/c1-11(2)14(10-25)24-17(19(27)23-21(4,5)6)13-9-8-12(3)15(18(26)22-7)16(13)20(24)28/h8-9,11-17,25H,10H2,1-7H3,(H,22,26)(H,23,27)/t12-,13+,14+,15-,16-,17+/m1/s1. The predicted octanol–water partition coefficient (Wildman–Crippen LogP) is 0.929. The third-order valence-corrected chi connectivity index (χ3v) is 5.84. The van der Waals surface area contributed by atoms with Gasteiger partial charge in [0.2, 0.25) is 17.7 Å². The fourth-order valence-corrected chi connectivity index (χ4v) is 4.53. The highest BCUT2D eigenvalue weighted by atomic mass is 16.3. The van der Waals surface area contributed by atoms with Crippen molar-refractivity contribution < 1.29 is 19.5 Å². The minimum Gasteiger partial charge on any atom is -0.394 e. The average molecular weight is 394 g/mol. The summed E-state index contributed by atoms with van der Waals surface area (Å²) in [6.45, 7) is 11.2. The van der Waals surface area contributed by atoms with Gasteiger partial charge in [0.25, 0.3) is 0 Å². The van der Waals surface area contributed by atoms with E-state index in [1.807, 2.05) is 53.7 Å². The molecule has 2 rings (SSSR count). The Labute approximate surface area is 167 Å². The summed E-state index contributed by atoms with van der Waals surface area (Å²) in [5.41, 5.74) is -0.456. The number of rotatable bonds is 5. The van der Waals surface area contributed by atoms with Gasteiger partial charge >= 0.3 is 0 Å². The lowest BCUT2D eigenvalue weighted by atomic mass is 9.70. The maximum atomic E-state index is 13.5. The summed E-state index contributed by atoms with van der Waals surface area (Å²) < 4.78 is 0. The van der Waals surface area contributed by atoms with Gasteiger partial charge in [-0.1, -0.05) is 32.9 Å². The molecule has 0 saturated carbocycles. The summed E-state index contributed by atoms with van der Waals surface area (Å²) in [5, 5.41) is 15.6. The van der Waals surface area contributed by atoms with Crippen molar-refractivity contribution >= 4 is 17.7 Å². The van der Waals surface area contributed by atoms with E-state index in [0.717, 1.165) is 0 Å². The van der Waals surface area contributed by atoms with Gasteiger partial charge in [0.15, 0.2) is 0 Å². The van der Waals surface area contributed by atoms with E-state index in [-0.39, 0.29) is 36.2 Å². The summed E-state index contributed by atoms with van der Waals surface area (Å²) in [7, 11) is 1.56. The van der Waals surface area contributed by atoms with Gasteiger partial charge in [-0.05, 0) is 32.6 Å². The molecule has 3 amide bonds. The number of allylic oxidation sites excluding steroid dienone is 1.